The van der Waals surface area contributed by atoms with Gasteiger partial charge in [-0.05, 0) is 48.5 Å². The fourth-order valence-electron chi connectivity index (χ4n) is 3.37. The zero-order chi connectivity index (χ0) is 19.8. The van der Waals surface area contributed by atoms with Crippen LogP contribution < -0.4 is 10.1 Å². The summed E-state index contributed by atoms with van der Waals surface area (Å²) in [4.78, 5) is 9.49. The Morgan fingerprint density at radius 2 is 1.69 bits per heavy atom. The maximum Gasteiger partial charge on any atom is 0.228 e. The van der Waals surface area contributed by atoms with E-state index in [2.05, 4.69) is 5.32 Å². The van der Waals surface area contributed by atoms with Gasteiger partial charge in [0.05, 0.1) is 11.4 Å². The van der Waals surface area contributed by atoms with Crippen LogP contribution in [0.15, 0.2) is 72.8 Å². The van der Waals surface area contributed by atoms with Crippen LogP contribution in [0.3, 0.4) is 0 Å². The maximum absolute atomic E-state index is 13.3. The van der Waals surface area contributed by atoms with Crippen molar-refractivity contribution < 1.29 is 9.13 Å². The average Bonchev–Trinajstić information content (AvgIpc) is 2.75. The lowest BCUT2D eigenvalue weighted by atomic mass is 9.98. The number of aromatic nitrogens is 2. The number of hydrogen-bond acceptors (Lipinski definition) is 4. The van der Waals surface area contributed by atoms with Crippen molar-refractivity contribution >= 4 is 23.2 Å². The number of nitrogens with one attached hydrogen (secondary N) is 1. The van der Waals surface area contributed by atoms with Crippen LogP contribution in [0.5, 0.6) is 5.75 Å². The number of halogens is 2. The zero-order valence-corrected chi connectivity index (χ0v) is 15.9. The molecule has 0 bridgehead atoms. The summed E-state index contributed by atoms with van der Waals surface area (Å²) in [7, 11) is 0. The number of nitrogens with zero attached hydrogens (tertiary/aromatic N) is 2. The van der Waals surface area contributed by atoms with E-state index in [9.17, 15) is 4.39 Å². The van der Waals surface area contributed by atoms with E-state index in [1.807, 2.05) is 48.5 Å². The van der Waals surface area contributed by atoms with Crippen molar-refractivity contribution in [2.75, 3.05) is 5.32 Å². The van der Waals surface area contributed by atoms with Gasteiger partial charge in [0.15, 0.2) is 0 Å². The Labute approximate surface area is 172 Å². The predicted octanol–water partition coefficient (Wildman–Crippen LogP) is 6.24. The van der Waals surface area contributed by atoms with Gasteiger partial charge in [0, 0.05) is 27.4 Å². The van der Waals surface area contributed by atoms with Crippen LogP contribution >= 0.6 is 11.6 Å². The van der Waals surface area contributed by atoms with Gasteiger partial charge in [-0.1, -0.05) is 35.9 Å². The van der Waals surface area contributed by atoms with E-state index in [0.29, 0.717) is 23.3 Å². The van der Waals surface area contributed by atoms with Crippen LogP contribution in [-0.2, 0) is 6.61 Å². The van der Waals surface area contributed by atoms with E-state index in [1.165, 1.54) is 12.1 Å². The average molecular weight is 404 g/mol. The van der Waals surface area contributed by atoms with Gasteiger partial charge in [0.2, 0.25) is 5.95 Å². The van der Waals surface area contributed by atoms with Crippen molar-refractivity contribution in [3.8, 4) is 28.3 Å². The molecule has 2 heterocycles. The number of ether oxygens (including phenoxy) is 1. The third kappa shape index (κ3) is 3.41. The third-order valence-electron chi connectivity index (χ3n) is 4.72. The topological polar surface area (TPSA) is 47.0 Å². The highest BCUT2D eigenvalue weighted by molar-refractivity contribution is 6.30. The van der Waals surface area contributed by atoms with E-state index < -0.39 is 0 Å². The number of benzene rings is 3. The first-order valence-corrected chi connectivity index (χ1v) is 9.47. The summed E-state index contributed by atoms with van der Waals surface area (Å²) in [6.45, 7) is 0.366. The number of hydrogen-bond donors (Lipinski definition) is 1. The smallest absolute Gasteiger partial charge is 0.228 e. The number of rotatable bonds is 3. The minimum atomic E-state index is -0.299. The molecule has 0 saturated carbocycles. The molecule has 1 N–H and O–H groups in total. The first-order chi connectivity index (χ1) is 14.2. The predicted molar refractivity (Wildman–Crippen MR) is 112 cm³/mol. The Balaban J connectivity index is 1.69. The lowest BCUT2D eigenvalue weighted by Gasteiger charge is -2.23. The maximum atomic E-state index is 13.3. The molecule has 4 aromatic rings. The van der Waals surface area contributed by atoms with Gasteiger partial charge in [-0.2, -0.15) is 0 Å². The second-order valence-corrected chi connectivity index (χ2v) is 7.09. The van der Waals surface area contributed by atoms with E-state index in [-0.39, 0.29) is 5.82 Å². The van der Waals surface area contributed by atoms with E-state index in [4.69, 9.17) is 26.3 Å². The molecule has 4 nitrogen and oxygen atoms in total. The molecule has 0 fully saturated rings. The van der Waals surface area contributed by atoms with Crippen molar-refractivity contribution in [3.63, 3.8) is 0 Å². The highest BCUT2D eigenvalue weighted by Gasteiger charge is 2.24. The quantitative estimate of drug-likeness (QED) is 0.440. The minimum absolute atomic E-state index is 0.299. The lowest BCUT2D eigenvalue weighted by Crippen LogP contribution is -2.12. The Kier molecular flexibility index (Phi) is 4.37. The van der Waals surface area contributed by atoms with Crippen molar-refractivity contribution in [3.05, 3.63) is 89.2 Å². The van der Waals surface area contributed by atoms with Gasteiger partial charge in [0.25, 0.3) is 0 Å². The molecular formula is C23H15ClFN3O. The van der Waals surface area contributed by atoms with Crippen LogP contribution in [0, 0.1) is 5.82 Å². The first-order valence-electron chi connectivity index (χ1n) is 9.09. The van der Waals surface area contributed by atoms with Gasteiger partial charge in [0.1, 0.15) is 18.2 Å². The molecule has 142 valence electrons. The molecule has 5 rings (SSSR count). The molecule has 1 aliphatic heterocycles. The zero-order valence-electron chi connectivity index (χ0n) is 15.2. The molecule has 29 heavy (non-hydrogen) atoms. The van der Waals surface area contributed by atoms with Gasteiger partial charge in [-0.25, -0.2) is 14.4 Å². The lowest BCUT2D eigenvalue weighted by molar-refractivity contribution is 0.301. The Hall–Kier alpha value is -3.44. The highest BCUT2D eigenvalue weighted by Crippen LogP contribution is 2.40. The molecular weight excluding hydrogens is 389 g/mol. The van der Waals surface area contributed by atoms with E-state index in [0.717, 1.165) is 33.8 Å². The monoisotopic (exact) mass is 403 g/mol. The summed E-state index contributed by atoms with van der Waals surface area (Å²) >= 11 is 6.22. The summed E-state index contributed by atoms with van der Waals surface area (Å²) in [5.74, 6) is 0.901. The van der Waals surface area contributed by atoms with Crippen LogP contribution in [-0.4, -0.2) is 9.97 Å². The SMILES string of the molecule is Fc1ccc(Nc2nc(-c3cccc(Cl)c3)c3c(n2)-c2ccccc2OC3)cc1. The molecule has 0 atom stereocenters. The Bertz CT molecular complexity index is 1210. The summed E-state index contributed by atoms with van der Waals surface area (Å²) in [5, 5.41) is 3.80. The van der Waals surface area contributed by atoms with Crippen molar-refractivity contribution in [1.29, 1.82) is 0 Å². The van der Waals surface area contributed by atoms with Crippen LogP contribution in [0.4, 0.5) is 16.0 Å². The highest BCUT2D eigenvalue weighted by atomic mass is 35.5. The minimum Gasteiger partial charge on any atom is -0.488 e. The molecule has 0 amide bonds. The molecule has 0 saturated heterocycles. The molecule has 6 heteroatoms. The van der Waals surface area contributed by atoms with Crippen LogP contribution in [0.25, 0.3) is 22.5 Å². The molecule has 0 radical (unpaired) electrons. The second kappa shape index (κ2) is 7.18. The summed E-state index contributed by atoms with van der Waals surface area (Å²) < 4.78 is 19.2. The first kappa shape index (κ1) is 17.6. The number of anilines is 2. The molecule has 3 aromatic carbocycles. The largest absolute Gasteiger partial charge is 0.488 e. The standard InChI is InChI=1S/C23H15ClFN3O/c24-15-5-3-4-14(12-15)21-19-13-29-20-7-2-1-6-18(20)22(19)28-23(27-21)26-17-10-8-16(25)9-11-17/h1-12H,13H2,(H,26,27,28). The van der Waals surface area contributed by atoms with Gasteiger partial charge < -0.3 is 10.1 Å². The van der Waals surface area contributed by atoms with Crippen LogP contribution in [0.1, 0.15) is 5.56 Å². The molecule has 1 aliphatic rings. The molecule has 0 unspecified atom stereocenters. The number of para-hydroxylation sites is 1. The van der Waals surface area contributed by atoms with Gasteiger partial charge >= 0.3 is 0 Å². The van der Waals surface area contributed by atoms with Gasteiger partial charge in [-0.15, -0.1) is 0 Å². The summed E-state index contributed by atoms with van der Waals surface area (Å²) in [6, 6.07) is 21.4. The van der Waals surface area contributed by atoms with Crippen molar-refractivity contribution in [2.45, 2.75) is 6.61 Å². The second-order valence-electron chi connectivity index (χ2n) is 6.65. The Morgan fingerprint density at radius 3 is 2.52 bits per heavy atom. The van der Waals surface area contributed by atoms with Crippen molar-refractivity contribution in [2.24, 2.45) is 0 Å². The van der Waals surface area contributed by atoms with Crippen LogP contribution in [0.2, 0.25) is 5.02 Å². The van der Waals surface area contributed by atoms with Gasteiger partial charge in [-0.3, -0.25) is 0 Å². The fraction of sp³-hybridized carbons (Fsp3) is 0.0435. The Morgan fingerprint density at radius 1 is 0.897 bits per heavy atom. The van der Waals surface area contributed by atoms with E-state index >= 15 is 0 Å². The normalized spacial score (nSPS) is 11.9. The third-order valence-corrected chi connectivity index (χ3v) is 4.95. The van der Waals surface area contributed by atoms with Crippen molar-refractivity contribution in [1.82, 2.24) is 9.97 Å². The molecule has 0 aliphatic carbocycles. The number of fused-ring (bicyclic) bond motifs is 3. The fourth-order valence-corrected chi connectivity index (χ4v) is 3.56. The summed E-state index contributed by atoms with van der Waals surface area (Å²) in [5.41, 5.74) is 4.93. The summed E-state index contributed by atoms with van der Waals surface area (Å²) in [6.07, 6.45) is 0. The van der Waals surface area contributed by atoms with E-state index in [1.54, 1.807) is 12.1 Å². The molecule has 1 aromatic heterocycles. The molecule has 0 spiro atoms.